The summed E-state index contributed by atoms with van der Waals surface area (Å²) in [7, 11) is 0. The molecule has 0 saturated carbocycles. The fourth-order valence-corrected chi connectivity index (χ4v) is 1.18. The van der Waals surface area contributed by atoms with E-state index in [1.54, 1.807) is 13.8 Å². The SMILES string of the molecule is CCOC(=O)CC(CS)C(=O)OCC. The number of carbonyl (C=O) groups excluding carboxylic acids is 2. The average Bonchev–Trinajstić information content (AvgIpc) is 2.15. The Hall–Kier alpha value is -0.710. The van der Waals surface area contributed by atoms with Crippen LogP contribution in [-0.2, 0) is 19.1 Å². The molecule has 0 spiro atoms. The number of hydrogen-bond acceptors (Lipinski definition) is 5. The molecule has 0 aromatic carbocycles. The molecule has 0 rings (SSSR count). The van der Waals surface area contributed by atoms with Gasteiger partial charge in [-0.05, 0) is 13.8 Å². The third kappa shape index (κ3) is 5.11. The first-order valence-electron chi connectivity index (χ1n) is 4.58. The summed E-state index contributed by atoms with van der Waals surface area (Å²) in [6.07, 6.45) is 0.0379. The molecule has 1 unspecified atom stereocenters. The van der Waals surface area contributed by atoms with Crippen molar-refractivity contribution in [3.63, 3.8) is 0 Å². The number of hydrogen-bond donors (Lipinski definition) is 1. The highest BCUT2D eigenvalue weighted by Crippen LogP contribution is 2.09. The quantitative estimate of drug-likeness (QED) is 0.537. The molecule has 0 aliphatic heterocycles. The van der Waals surface area contributed by atoms with Crippen molar-refractivity contribution in [3.05, 3.63) is 0 Å². The van der Waals surface area contributed by atoms with E-state index in [4.69, 9.17) is 9.47 Å². The summed E-state index contributed by atoms with van der Waals surface area (Å²) in [5.41, 5.74) is 0. The predicted molar refractivity (Wildman–Crippen MR) is 55.2 cm³/mol. The van der Waals surface area contributed by atoms with E-state index in [1.807, 2.05) is 0 Å². The van der Waals surface area contributed by atoms with Crippen LogP contribution in [-0.4, -0.2) is 30.9 Å². The Kier molecular flexibility index (Phi) is 7.28. The van der Waals surface area contributed by atoms with Gasteiger partial charge in [0, 0.05) is 5.75 Å². The van der Waals surface area contributed by atoms with E-state index >= 15 is 0 Å². The van der Waals surface area contributed by atoms with Crippen molar-refractivity contribution in [2.24, 2.45) is 5.92 Å². The Morgan fingerprint density at radius 2 is 1.79 bits per heavy atom. The van der Waals surface area contributed by atoms with Gasteiger partial charge in [0.1, 0.15) is 0 Å². The van der Waals surface area contributed by atoms with Crippen LogP contribution >= 0.6 is 12.6 Å². The first-order chi connectivity index (χ1) is 6.65. The van der Waals surface area contributed by atoms with Crippen LogP contribution in [0.15, 0.2) is 0 Å². The van der Waals surface area contributed by atoms with Crippen LogP contribution < -0.4 is 0 Å². The van der Waals surface area contributed by atoms with Gasteiger partial charge in [0.15, 0.2) is 0 Å². The fraction of sp³-hybridized carbons (Fsp3) is 0.778. The van der Waals surface area contributed by atoms with E-state index in [1.165, 1.54) is 0 Å². The van der Waals surface area contributed by atoms with Gasteiger partial charge < -0.3 is 9.47 Å². The summed E-state index contributed by atoms with van der Waals surface area (Å²) in [5, 5.41) is 0. The summed E-state index contributed by atoms with van der Waals surface area (Å²) >= 11 is 3.98. The lowest BCUT2D eigenvalue weighted by Gasteiger charge is -2.11. The Labute approximate surface area is 89.4 Å². The van der Waals surface area contributed by atoms with Crippen molar-refractivity contribution in [1.29, 1.82) is 0 Å². The number of ether oxygens (including phenoxy) is 2. The normalized spacial score (nSPS) is 11.9. The van der Waals surface area contributed by atoms with Gasteiger partial charge in [-0.1, -0.05) is 0 Å². The van der Waals surface area contributed by atoms with Crippen LogP contribution in [0.25, 0.3) is 0 Å². The van der Waals surface area contributed by atoms with Crippen molar-refractivity contribution in [2.45, 2.75) is 20.3 Å². The van der Waals surface area contributed by atoms with Gasteiger partial charge in [0.25, 0.3) is 0 Å². The van der Waals surface area contributed by atoms with Gasteiger partial charge in [0.05, 0.1) is 25.6 Å². The molecular formula is C9H16O4S. The zero-order valence-corrected chi connectivity index (χ0v) is 9.38. The van der Waals surface area contributed by atoms with E-state index in [0.717, 1.165) is 0 Å². The Morgan fingerprint density at radius 1 is 1.21 bits per heavy atom. The summed E-state index contributed by atoms with van der Waals surface area (Å²) in [6, 6.07) is 0. The summed E-state index contributed by atoms with van der Waals surface area (Å²) in [5.74, 6) is -0.995. The Balaban J connectivity index is 4.01. The summed E-state index contributed by atoms with van der Waals surface area (Å²) < 4.78 is 9.50. The van der Waals surface area contributed by atoms with Crippen molar-refractivity contribution in [3.8, 4) is 0 Å². The highest BCUT2D eigenvalue weighted by molar-refractivity contribution is 7.80. The van der Waals surface area contributed by atoms with Gasteiger partial charge in [-0.25, -0.2) is 0 Å². The molecule has 14 heavy (non-hydrogen) atoms. The third-order valence-corrected chi connectivity index (χ3v) is 2.00. The number of thiol groups is 1. The van der Waals surface area contributed by atoms with Gasteiger partial charge in [-0.3, -0.25) is 9.59 Å². The molecule has 0 aromatic rings. The molecular weight excluding hydrogens is 204 g/mol. The lowest BCUT2D eigenvalue weighted by molar-refractivity contribution is -0.153. The van der Waals surface area contributed by atoms with E-state index in [9.17, 15) is 9.59 Å². The monoisotopic (exact) mass is 220 g/mol. The minimum absolute atomic E-state index is 0.0379. The second-order valence-corrected chi connectivity index (χ2v) is 3.01. The molecule has 0 aliphatic carbocycles. The molecule has 0 fully saturated rings. The van der Waals surface area contributed by atoms with Crippen LogP contribution in [0, 0.1) is 5.92 Å². The van der Waals surface area contributed by atoms with Crippen molar-refractivity contribution in [1.82, 2.24) is 0 Å². The average molecular weight is 220 g/mol. The van der Waals surface area contributed by atoms with Gasteiger partial charge in [0.2, 0.25) is 0 Å². The molecule has 82 valence electrons. The molecule has 0 radical (unpaired) electrons. The predicted octanol–water partition coefficient (Wildman–Crippen LogP) is 1.05. The first-order valence-corrected chi connectivity index (χ1v) is 5.22. The lowest BCUT2D eigenvalue weighted by Crippen LogP contribution is -2.23. The zero-order chi connectivity index (χ0) is 11.0. The number of carbonyl (C=O) groups is 2. The fourth-order valence-electron chi connectivity index (χ4n) is 0.904. The maximum absolute atomic E-state index is 11.2. The Bertz CT molecular complexity index is 193. The third-order valence-electron chi connectivity index (χ3n) is 1.56. The van der Waals surface area contributed by atoms with E-state index in [2.05, 4.69) is 12.6 Å². The van der Waals surface area contributed by atoms with Crippen LogP contribution in [0.3, 0.4) is 0 Å². The molecule has 0 aliphatic rings. The van der Waals surface area contributed by atoms with Crippen LogP contribution in [0.1, 0.15) is 20.3 Å². The topological polar surface area (TPSA) is 52.6 Å². The van der Waals surface area contributed by atoms with Crippen molar-refractivity contribution < 1.29 is 19.1 Å². The van der Waals surface area contributed by atoms with E-state index in [0.29, 0.717) is 13.2 Å². The maximum Gasteiger partial charge on any atom is 0.310 e. The van der Waals surface area contributed by atoms with Crippen molar-refractivity contribution in [2.75, 3.05) is 19.0 Å². The van der Waals surface area contributed by atoms with Crippen LogP contribution in [0.4, 0.5) is 0 Å². The van der Waals surface area contributed by atoms with E-state index in [-0.39, 0.29) is 18.1 Å². The Morgan fingerprint density at radius 3 is 2.21 bits per heavy atom. The molecule has 0 N–H and O–H groups in total. The molecule has 1 atom stereocenters. The van der Waals surface area contributed by atoms with E-state index < -0.39 is 11.9 Å². The molecule has 0 bridgehead atoms. The van der Waals surface area contributed by atoms with Crippen LogP contribution in [0.5, 0.6) is 0 Å². The largest absolute Gasteiger partial charge is 0.466 e. The molecule has 0 heterocycles. The molecule has 5 heteroatoms. The van der Waals surface area contributed by atoms with Gasteiger partial charge in [-0.15, -0.1) is 0 Å². The smallest absolute Gasteiger partial charge is 0.310 e. The molecule has 4 nitrogen and oxygen atoms in total. The second-order valence-electron chi connectivity index (χ2n) is 2.64. The minimum Gasteiger partial charge on any atom is -0.466 e. The molecule has 0 amide bonds. The number of esters is 2. The number of rotatable bonds is 6. The highest BCUT2D eigenvalue weighted by atomic mass is 32.1. The van der Waals surface area contributed by atoms with Gasteiger partial charge >= 0.3 is 11.9 Å². The summed E-state index contributed by atoms with van der Waals surface area (Å²) in [6.45, 7) is 4.07. The zero-order valence-electron chi connectivity index (χ0n) is 8.49. The highest BCUT2D eigenvalue weighted by Gasteiger charge is 2.22. The van der Waals surface area contributed by atoms with Crippen molar-refractivity contribution >= 4 is 24.6 Å². The minimum atomic E-state index is -0.502. The lowest BCUT2D eigenvalue weighted by atomic mass is 10.1. The standard InChI is InChI=1S/C9H16O4S/c1-3-12-8(10)5-7(6-14)9(11)13-4-2/h7,14H,3-6H2,1-2H3. The molecule has 0 saturated heterocycles. The first kappa shape index (κ1) is 13.3. The van der Waals surface area contributed by atoms with Crippen LogP contribution in [0.2, 0.25) is 0 Å². The maximum atomic E-state index is 11.2. The van der Waals surface area contributed by atoms with Gasteiger partial charge in [-0.2, -0.15) is 12.6 Å². The summed E-state index contributed by atoms with van der Waals surface area (Å²) in [4.78, 5) is 22.3. The molecule has 0 aromatic heterocycles. The second kappa shape index (κ2) is 7.67.